The van der Waals surface area contributed by atoms with Gasteiger partial charge in [0.25, 0.3) is 0 Å². The van der Waals surface area contributed by atoms with Crippen LogP contribution in [0.1, 0.15) is 11.1 Å². The van der Waals surface area contributed by atoms with E-state index in [0.29, 0.717) is 0 Å². The van der Waals surface area contributed by atoms with Gasteiger partial charge in [0, 0.05) is 5.02 Å². The van der Waals surface area contributed by atoms with Crippen LogP contribution in [0.4, 0.5) is 0 Å². The number of hydrogen-bond acceptors (Lipinski definition) is 0. The van der Waals surface area contributed by atoms with Crippen LogP contribution in [0.2, 0.25) is 5.02 Å². The Morgan fingerprint density at radius 2 is 1.41 bits per heavy atom. The van der Waals surface area contributed by atoms with Gasteiger partial charge in [0.05, 0.1) is 0 Å². The van der Waals surface area contributed by atoms with Crippen molar-refractivity contribution in [2.24, 2.45) is 0 Å². The largest absolute Gasteiger partial charge is 0.0843 e. The van der Waals surface area contributed by atoms with E-state index >= 15 is 0 Å². The minimum absolute atomic E-state index is 0.800. The molecule has 0 amide bonds. The number of fused-ring (bicyclic) bond motifs is 8. The average molecular weight is 301 g/mol. The molecule has 0 atom stereocenters. The SMILES string of the molecule is Clc1ccc2c(c1)c1c(c3ccccc32)Cc2ccccc2-1. The molecule has 1 heteroatoms. The summed E-state index contributed by atoms with van der Waals surface area (Å²) < 4.78 is 0. The van der Waals surface area contributed by atoms with Crippen molar-refractivity contribution >= 4 is 33.1 Å². The number of rotatable bonds is 0. The molecular formula is C21H13Cl. The highest BCUT2D eigenvalue weighted by atomic mass is 35.5. The maximum atomic E-state index is 6.30. The molecule has 0 radical (unpaired) electrons. The van der Waals surface area contributed by atoms with E-state index in [0.717, 1.165) is 11.4 Å². The van der Waals surface area contributed by atoms with Gasteiger partial charge in [-0.25, -0.2) is 0 Å². The molecule has 1 aliphatic carbocycles. The van der Waals surface area contributed by atoms with E-state index in [1.54, 1.807) is 0 Å². The van der Waals surface area contributed by atoms with Crippen molar-refractivity contribution in [3.05, 3.63) is 82.9 Å². The topological polar surface area (TPSA) is 0 Å². The highest BCUT2D eigenvalue weighted by molar-refractivity contribution is 6.32. The molecule has 0 fully saturated rings. The molecule has 22 heavy (non-hydrogen) atoms. The quantitative estimate of drug-likeness (QED) is 0.298. The molecule has 1 aliphatic rings. The summed E-state index contributed by atoms with van der Waals surface area (Å²) in [6, 6.07) is 23.7. The Morgan fingerprint density at radius 1 is 0.682 bits per heavy atom. The van der Waals surface area contributed by atoms with E-state index in [4.69, 9.17) is 11.6 Å². The summed E-state index contributed by atoms with van der Waals surface area (Å²) in [7, 11) is 0. The molecule has 0 bridgehead atoms. The second-order valence-electron chi connectivity index (χ2n) is 5.92. The molecule has 0 N–H and O–H groups in total. The van der Waals surface area contributed by atoms with Crippen LogP contribution in [0.5, 0.6) is 0 Å². The van der Waals surface area contributed by atoms with Gasteiger partial charge in [0.15, 0.2) is 0 Å². The second-order valence-corrected chi connectivity index (χ2v) is 6.36. The van der Waals surface area contributed by atoms with Gasteiger partial charge in [0.2, 0.25) is 0 Å². The summed E-state index contributed by atoms with van der Waals surface area (Å²) >= 11 is 6.30. The summed E-state index contributed by atoms with van der Waals surface area (Å²) in [4.78, 5) is 0. The van der Waals surface area contributed by atoms with E-state index in [1.165, 1.54) is 43.8 Å². The van der Waals surface area contributed by atoms with Gasteiger partial charge in [-0.2, -0.15) is 0 Å². The van der Waals surface area contributed by atoms with Crippen LogP contribution < -0.4 is 0 Å². The summed E-state index contributed by atoms with van der Waals surface area (Å²) in [5, 5.41) is 6.04. The van der Waals surface area contributed by atoms with Gasteiger partial charge in [-0.15, -0.1) is 0 Å². The lowest BCUT2D eigenvalue weighted by molar-refractivity contribution is 1.29. The van der Waals surface area contributed by atoms with Crippen molar-refractivity contribution in [3.63, 3.8) is 0 Å². The van der Waals surface area contributed by atoms with E-state index in [1.807, 2.05) is 6.07 Å². The molecule has 5 rings (SSSR count). The van der Waals surface area contributed by atoms with Crippen LogP contribution in [0.15, 0.2) is 66.7 Å². The lowest BCUT2D eigenvalue weighted by Gasteiger charge is -2.12. The molecule has 0 aliphatic heterocycles. The molecular weight excluding hydrogens is 288 g/mol. The molecule has 0 spiro atoms. The van der Waals surface area contributed by atoms with Crippen LogP contribution in [-0.2, 0) is 6.42 Å². The zero-order valence-corrected chi connectivity index (χ0v) is 12.7. The molecule has 0 unspecified atom stereocenters. The summed E-state index contributed by atoms with van der Waals surface area (Å²) in [5.41, 5.74) is 5.57. The Kier molecular flexibility index (Phi) is 2.42. The van der Waals surface area contributed by atoms with E-state index in [9.17, 15) is 0 Å². The molecule has 0 nitrogen and oxygen atoms in total. The third-order valence-electron chi connectivity index (χ3n) is 4.75. The fraction of sp³-hybridized carbons (Fsp3) is 0.0476. The summed E-state index contributed by atoms with van der Waals surface area (Å²) in [6.45, 7) is 0. The third-order valence-corrected chi connectivity index (χ3v) is 4.98. The molecule has 0 saturated carbocycles. The highest BCUT2D eigenvalue weighted by Crippen LogP contribution is 2.46. The van der Waals surface area contributed by atoms with Gasteiger partial charge in [-0.05, 0) is 62.4 Å². The number of halogens is 1. The standard InChI is InChI=1S/C21H13Cl/c22-14-9-10-18-16-7-3-4-8-17(16)19-11-13-5-1-2-6-15(13)21(19)20(18)12-14/h1-10,12H,11H2. The average Bonchev–Trinajstić information content (AvgIpc) is 2.95. The van der Waals surface area contributed by atoms with Crippen LogP contribution in [0, 0.1) is 0 Å². The normalized spacial score (nSPS) is 12.6. The minimum atomic E-state index is 0.800. The van der Waals surface area contributed by atoms with E-state index in [-0.39, 0.29) is 0 Å². The highest BCUT2D eigenvalue weighted by Gasteiger charge is 2.23. The van der Waals surface area contributed by atoms with Crippen LogP contribution in [-0.4, -0.2) is 0 Å². The first kappa shape index (κ1) is 12.3. The summed E-state index contributed by atoms with van der Waals surface area (Å²) in [6.07, 6.45) is 1.01. The Hall–Kier alpha value is -2.31. The van der Waals surface area contributed by atoms with Crippen molar-refractivity contribution < 1.29 is 0 Å². The van der Waals surface area contributed by atoms with Gasteiger partial charge < -0.3 is 0 Å². The fourth-order valence-corrected chi connectivity index (χ4v) is 4.01. The van der Waals surface area contributed by atoms with Crippen molar-refractivity contribution in [2.75, 3.05) is 0 Å². The monoisotopic (exact) mass is 300 g/mol. The first-order valence-electron chi connectivity index (χ1n) is 7.54. The fourth-order valence-electron chi connectivity index (χ4n) is 3.84. The zero-order valence-electron chi connectivity index (χ0n) is 11.9. The number of hydrogen-bond donors (Lipinski definition) is 0. The van der Waals surface area contributed by atoms with Gasteiger partial charge >= 0.3 is 0 Å². The maximum Gasteiger partial charge on any atom is 0.0412 e. The van der Waals surface area contributed by atoms with Crippen LogP contribution >= 0.6 is 11.6 Å². The Labute approximate surface area is 134 Å². The van der Waals surface area contributed by atoms with Gasteiger partial charge in [-0.1, -0.05) is 66.2 Å². The lowest BCUT2D eigenvalue weighted by Crippen LogP contribution is -1.88. The summed E-state index contributed by atoms with van der Waals surface area (Å²) in [5.74, 6) is 0. The molecule has 0 aromatic heterocycles. The lowest BCUT2D eigenvalue weighted by atomic mass is 9.92. The molecule has 0 heterocycles. The Balaban J connectivity index is 2.07. The Bertz CT molecular complexity index is 1060. The van der Waals surface area contributed by atoms with Crippen LogP contribution in [0.25, 0.3) is 32.7 Å². The molecule has 4 aromatic rings. The van der Waals surface area contributed by atoms with Crippen molar-refractivity contribution in [3.8, 4) is 11.1 Å². The predicted octanol–water partition coefficient (Wildman–Crippen LogP) is 6.22. The third kappa shape index (κ3) is 1.53. The van der Waals surface area contributed by atoms with Gasteiger partial charge in [-0.3, -0.25) is 0 Å². The minimum Gasteiger partial charge on any atom is -0.0843 e. The zero-order chi connectivity index (χ0) is 14.7. The van der Waals surface area contributed by atoms with Crippen molar-refractivity contribution in [1.82, 2.24) is 0 Å². The van der Waals surface area contributed by atoms with E-state index < -0.39 is 0 Å². The van der Waals surface area contributed by atoms with E-state index in [2.05, 4.69) is 60.7 Å². The van der Waals surface area contributed by atoms with Crippen LogP contribution in [0.3, 0.4) is 0 Å². The Morgan fingerprint density at radius 3 is 2.32 bits per heavy atom. The molecule has 104 valence electrons. The number of benzene rings is 4. The van der Waals surface area contributed by atoms with Crippen molar-refractivity contribution in [1.29, 1.82) is 0 Å². The van der Waals surface area contributed by atoms with Gasteiger partial charge in [0.1, 0.15) is 0 Å². The smallest absolute Gasteiger partial charge is 0.0412 e. The predicted molar refractivity (Wildman–Crippen MR) is 94.7 cm³/mol. The first-order chi connectivity index (χ1) is 10.8. The second kappa shape index (κ2) is 4.34. The maximum absolute atomic E-state index is 6.30. The molecule has 4 aromatic carbocycles. The molecule has 0 saturated heterocycles. The first-order valence-corrected chi connectivity index (χ1v) is 7.92. The van der Waals surface area contributed by atoms with Crippen molar-refractivity contribution in [2.45, 2.75) is 6.42 Å².